The van der Waals surface area contributed by atoms with E-state index in [0.717, 1.165) is 16.8 Å². The van der Waals surface area contributed by atoms with Crippen molar-refractivity contribution in [3.05, 3.63) is 42.4 Å². The van der Waals surface area contributed by atoms with E-state index in [-0.39, 0.29) is 5.75 Å². The van der Waals surface area contributed by atoms with Crippen LogP contribution in [0.5, 0.6) is 5.75 Å². The average Bonchev–Trinajstić information content (AvgIpc) is 2.19. The topological polar surface area (TPSA) is 46.0 Å². The highest BCUT2D eigenvalue weighted by Crippen LogP contribution is 2.18. The number of nitrogens with zero attached hydrogens (tertiary/aromatic N) is 2. The molecule has 2 aromatic rings. The van der Waals surface area contributed by atoms with E-state index in [1.807, 2.05) is 13.0 Å². The predicted octanol–water partition coefficient (Wildman–Crippen LogP) is 2.16. The van der Waals surface area contributed by atoms with Gasteiger partial charge in [0.25, 0.3) is 0 Å². The lowest BCUT2D eigenvalue weighted by molar-refractivity contribution is 0.473. The molecule has 0 aromatic carbocycles. The normalized spacial score (nSPS) is 10.1. The monoisotopic (exact) mass is 186 g/mol. The average molecular weight is 186 g/mol. The van der Waals surface area contributed by atoms with Crippen LogP contribution in [0, 0.1) is 6.92 Å². The minimum Gasteiger partial charge on any atom is -0.506 e. The molecule has 2 aromatic heterocycles. The van der Waals surface area contributed by atoms with Gasteiger partial charge in [-0.3, -0.25) is 9.97 Å². The summed E-state index contributed by atoms with van der Waals surface area (Å²) >= 11 is 0. The Morgan fingerprint density at radius 2 is 2.00 bits per heavy atom. The number of aromatic hydroxyl groups is 1. The summed E-state index contributed by atoms with van der Waals surface area (Å²) in [6, 6.07) is 5.39. The highest BCUT2D eigenvalue weighted by molar-refractivity contribution is 5.58. The van der Waals surface area contributed by atoms with Gasteiger partial charge >= 0.3 is 0 Å². The van der Waals surface area contributed by atoms with Gasteiger partial charge in [-0.05, 0) is 30.7 Å². The molecule has 0 radical (unpaired) electrons. The molecule has 0 saturated heterocycles. The third-order valence-electron chi connectivity index (χ3n) is 1.92. The molecule has 0 aliphatic heterocycles. The van der Waals surface area contributed by atoms with E-state index in [9.17, 15) is 0 Å². The molecule has 3 heteroatoms. The number of hydrogen-bond donors (Lipinski definition) is 1. The van der Waals surface area contributed by atoms with Gasteiger partial charge in [-0.1, -0.05) is 0 Å². The van der Waals surface area contributed by atoms with Crippen LogP contribution in [-0.4, -0.2) is 15.1 Å². The molecule has 2 rings (SSSR count). The molecule has 0 unspecified atom stereocenters. The first-order chi connectivity index (χ1) is 6.75. The van der Waals surface area contributed by atoms with Gasteiger partial charge in [0, 0.05) is 18.0 Å². The molecule has 0 aliphatic carbocycles. The van der Waals surface area contributed by atoms with E-state index < -0.39 is 0 Å². The summed E-state index contributed by atoms with van der Waals surface area (Å²) in [4.78, 5) is 8.18. The number of hydrogen-bond acceptors (Lipinski definition) is 3. The minimum atomic E-state index is 0.175. The fourth-order valence-corrected chi connectivity index (χ4v) is 1.25. The van der Waals surface area contributed by atoms with Gasteiger partial charge in [0.2, 0.25) is 0 Å². The van der Waals surface area contributed by atoms with Crippen LogP contribution in [0.25, 0.3) is 11.3 Å². The molecule has 14 heavy (non-hydrogen) atoms. The van der Waals surface area contributed by atoms with E-state index in [2.05, 4.69) is 9.97 Å². The lowest BCUT2D eigenvalue weighted by atomic mass is 10.1. The SMILES string of the molecule is Cc1cncc(-c2ccc(O)cn2)c1. The van der Waals surface area contributed by atoms with Crippen molar-refractivity contribution in [2.24, 2.45) is 0 Å². The summed E-state index contributed by atoms with van der Waals surface area (Å²) < 4.78 is 0. The summed E-state index contributed by atoms with van der Waals surface area (Å²) in [5, 5.41) is 9.08. The van der Waals surface area contributed by atoms with Crippen molar-refractivity contribution < 1.29 is 5.11 Å². The Hall–Kier alpha value is -1.90. The summed E-state index contributed by atoms with van der Waals surface area (Å²) in [5.74, 6) is 0.175. The number of aryl methyl sites for hydroxylation is 1. The van der Waals surface area contributed by atoms with Crippen LogP contribution in [0.3, 0.4) is 0 Å². The zero-order valence-electron chi connectivity index (χ0n) is 7.81. The zero-order valence-corrected chi connectivity index (χ0v) is 7.81. The first-order valence-corrected chi connectivity index (χ1v) is 4.33. The smallest absolute Gasteiger partial charge is 0.133 e. The lowest BCUT2D eigenvalue weighted by Gasteiger charge is -2.00. The Morgan fingerprint density at radius 3 is 2.64 bits per heavy atom. The molecule has 0 atom stereocenters. The van der Waals surface area contributed by atoms with Gasteiger partial charge in [-0.2, -0.15) is 0 Å². The van der Waals surface area contributed by atoms with E-state index >= 15 is 0 Å². The fourth-order valence-electron chi connectivity index (χ4n) is 1.25. The van der Waals surface area contributed by atoms with Crippen LogP contribution in [0.1, 0.15) is 5.56 Å². The Morgan fingerprint density at radius 1 is 1.14 bits per heavy atom. The van der Waals surface area contributed by atoms with Crippen LogP contribution < -0.4 is 0 Å². The van der Waals surface area contributed by atoms with Crippen molar-refractivity contribution in [1.82, 2.24) is 9.97 Å². The summed E-state index contributed by atoms with van der Waals surface area (Å²) in [6.45, 7) is 1.98. The van der Waals surface area contributed by atoms with Crippen molar-refractivity contribution >= 4 is 0 Å². The molecule has 2 heterocycles. The van der Waals surface area contributed by atoms with Gasteiger partial charge in [0.05, 0.1) is 11.9 Å². The van der Waals surface area contributed by atoms with Gasteiger partial charge in [0.1, 0.15) is 5.75 Å². The summed E-state index contributed by atoms with van der Waals surface area (Å²) in [7, 11) is 0. The molecule has 70 valence electrons. The molecule has 0 saturated carbocycles. The highest BCUT2D eigenvalue weighted by atomic mass is 16.3. The third-order valence-corrected chi connectivity index (χ3v) is 1.92. The Balaban J connectivity index is 2.44. The molecule has 3 nitrogen and oxygen atoms in total. The van der Waals surface area contributed by atoms with Crippen LogP contribution in [0.2, 0.25) is 0 Å². The second-order valence-electron chi connectivity index (χ2n) is 3.15. The van der Waals surface area contributed by atoms with Gasteiger partial charge in [-0.25, -0.2) is 0 Å². The van der Waals surface area contributed by atoms with E-state index in [1.165, 1.54) is 6.20 Å². The maximum Gasteiger partial charge on any atom is 0.133 e. The van der Waals surface area contributed by atoms with Gasteiger partial charge < -0.3 is 5.11 Å². The maximum absolute atomic E-state index is 9.08. The second-order valence-corrected chi connectivity index (χ2v) is 3.15. The largest absolute Gasteiger partial charge is 0.506 e. The predicted molar refractivity (Wildman–Crippen MR) is 53.9 cm³/mol. The van der Waals surface area contributed by atoms with E-state index in [1.54, 1.807) is 24.5 Å². The maximum atomic E-state index is 9.08. The molecule has 0 spiro atoms. The number of rotatable bonds is 1. The van der Waals surface area contributed by atoms with Crippen LogP contribution in [-0.2, 0) is 0 Å². The van der Waals surface area contributed by atoms with Crippen molar-refractivity contribution in [2.75, 3.05) is 0 Å². The van der Waals surface area contributed by atoms with Crippen LogP contribution in [0.15, 0.2) is 36.8 Å². The van der Waals surface area contributed by atoms with Crippen molar-refractivity contribution in [3.63, 3.8) is 0 Å². The van der Waals surface area contributed by atoms with Crippen molar-refractivity contribution in [2.45, 2.75) is 6.92 Å². The number of pyridine rings is 2. The van der Waals surface area contributed by atoms with Gasteiger partial charge in [-0.15, -0.1) is 0 Å². The Bertz CT molecular complexity index is 437. The van der Waals surface area contributed by atoms with E-state index in [0.29, 0.717) is 0 Å². The summed E-state index contributed by atoms with van der Waals surface area (Å²) in [5.41, 5.74) is 2.88. The summed E-state index contributed by atoms with van der Waals surface area (Å²) in [6.07, 6.45) is 4.98. The third kappa shape index (κ3) is 1.71. The zero-order chi connectivity index (χ0) is 9.97. The second kappa shape index (κ2) is 3.46. The van der Waals surface area contributed by atoms with Gasteiger partial charge in [0.15, 0.2) is 0 Å². The van der Waals surface area contributed by atoms with E-state index in [4.69, 9.17) is 5.11 Å². The molecule has 0 aliphatic rings. The van der Waals surface area contributed by atoms with Crippen molar-refractivity contribution in [1.29, 1.82) is 0 Å². The van der Waals surface area contributed by atoms with Crippen LogP contribution in [0.4, 0.5) is 0 Å². The fraction of sp³-hybridized carbons (Fsp3) is 0.0909. The highest BCUT2D eigenvalue weighted by Gasteiger charge is 1.99. The Kier molecular flexibility index (Phi) is 2.14. The first kappa shape index (κ1) is 8.69. The quantitative estimate of drug-likeness (QED) is 0.742. The first-order valence-electron chi connectivity index (χ1n) is 4.33. The van der Waals surface area contributed by atoms with Crippen LogP contribution >= 0.6 is 0 Å². The molecule has 1 N–H and O–H groups in total. The lowest BCUT2D eigenvalue weighted by Crippen LogP contribution is -1.85. The molecule has 0 fully saturated rings. The molecule has 0 bridgehead atoms. The molecular formula is C11H10N2O. The standard InChI is InChI=1S/C11H10N2O/c1-8-4-9(6-12-5-8)11-3-2-10(14)7-13-11/h2-7,14H,1H3. The molecule has 0 amide bonds. The minimum absolute atomic E-state index is 0.175. The number of aromatic nitrogens is 2. The Labute approximate surface area is 82.1 Å². The van der Waals surface area contributed by atoms with Crippen molar-refractivity contribution in [3.8, 4) is 17.0 Å². The molecular weight excluding hydrogens is 176 g/mol.